The number of carbonyl (C=O) groups is 1. The molecule has 2 rings (SSSR count). The van der Waals surface area contributed by atoms with Crippen molar-refractivity contribution in [1.82, 2.24) is 9.78 Å². The number of allylic oxidation sites excluding steroid dienone is 1. The van der Waals surface area contributed by atoms with Crippen molar-refractivity contribution in [2.75, 3.05) is 7.11 Å². The average molecular weight is 324 g/mol. The highest BCUT2D eigenvalue weighted by atomic mass is 32.2. The van der Waals surface area contributed by atoms with Crippen LogP contribution >= 0.6 is 11.8 Å². The van der Waals surface area contributed by atoms with Gasteiger partial charge in [0.05, 0.1) is 17.7 Å². The first kappa shape index (κ1) is 16.2. The summed E-state index contributed by atoms with van der Waals surface area (Å²) in [6.45, 7) is 0. The molecular weight excluding hydrogens is 310 g/mol. The number of aryl methyl sites for hydroxylation is 1. The first-order chi connectivity index (χ1) is 10.5. The Hall–Kier alpha value is -2.15. The van der Waals surface area contributed by atoms with Crippen LogP contribution in [0.25, 0.3) is 6.08 Å². The van der Waals surface area contributed by atoms with Gasteiger partial charge in [-0.25, -0.2) is 0 Å². The number of carbonyl (C=O) groups excluding carboxylic acids is 1. The normalized spacial score (nSPS) is 11.3. The van der Waals surface area contributed by atoms with Crippen LogP contribution in [-0.4, -0.2) is 28.4 Å². The molecule has 2 aromatic rings. The van der Waals surface area contributed by atoms with E-state index >= 15 is 0 Å². The second-order valence-corrected chi connectivity index (χ2v) is 5.35. The summed E-state index contributed by atoms with van der Waals surface area (Å²) in [6, 6.07) is 6.19. The van der Waals surface area contributed by atoms with Crippen LogP contribution in [0.1, 0.15) is 16.1 Å². The van der Waals surface area contributed by atoms with Crippen LogP contribution in [0.3, 0.4) is 0 Å². The number of thioether (sulfide) groups is 1. The molecule has 0 aliphatic heterocycles. The van der Waals surface area contributed by atoms with E-state index in [4.69, 9.17) is 4.74 Å². The molecule has 1 heterocycles. The van der Waals surface area contributed by atoms with Crippen LogP contribution in [-0.2, 0) is 7.05 Å². The number of halogens is 2. The number of nitrogens with zero attached hydrogens (tertiary/aromatic N) is 2. The zero-order valence-corrected chi connectivity index (χ0v) is 12.8. The van der Waals surface area contributed by atoms with Gasteiger partial charge in [-0.15, -0.1) is 0 Å². The van der Waals surface area contributed by atoms with Gasteiger partial charge < -0.3 is 4.74 Å². The molecule has 0 bridgehead atoms. The van der Waals surface area contributed by atoms with Crippen LogP contribution in [0.5, 0.6) is 5.75 Å². The van der Waals surface area contributed by atoms with E-state index in [2.05, 4.69) is 5.10 Å². The molecule has 7 heteroatoms. The van der Waals surface area contributed by atoms with Crippen LogP contribution in [0, 0.1) is 0 Å². The molecule has 4 nitrogen and oxygen atoms in total. The van der Waals surface area contributed by atoms with Gasteiger partial charge in [-0.2, -0.15) is 13.9 Å². The summed E-state index contributed by atoms with van der Waals surface area (Å²) >= 11 is 0.384. The molecule has 0 spiro atoms. The number of ether oxygens (including phenoxy) is 1. The molecule has 0 amide bonds. The van der Waals surface area contributed by atoms with Gasteiger partial charge in [0, 0.05) is 18.8 Å². The molecule has 1 aromatic heterocycles. The molecule has 22 heavy (non-hydrogen) atoms. The molecule has 0 unspecified atom stereocenters. The Morgan fingerprint density at radius 2 is 2.18 bits per heavy atom. The van der Waals surface area contributed by atoms with E-state index in [0.717, 1.165) is 5.69 Å². The molecule has 0 N–H and O–H groups in total. The fourth-order valence-electron chi connectivity index (χ4n) is 1.82. The van der Waals surface area contributed by atoms with E-state index in [1.807, 2.05) is 0 Å². The zero-order chi connectivity index (χ0) is 16.1. The maximum atomic E-state index is 12.4. The fourth-order valence-corrected chi connectivity index (χ4v) is 2.42. The first-order valence-electron chi connectivity index (χ1n) is 6.34. The van der Waals surface area contributed by atoms with Gasteiger partial charge in [-0.3, -0.25) is 9.48 Å². The Morgan fingerprint density at radius 3 is 2.77 bits per heavy atom. The number of ketones is 1. The second-order valence-electron chi connectivity index (χ2n) is 4.32. The molecule has 1 aromatic carbocycles. The predicted molar refractivity (Wildman–Crippen MR) is 81.4 cm³/mol. The molecule has 116 valence electrons. The lowest BCUT2D eigenvalue weighted by Gasteiger charge is -2.08. The van der Waals surface area contributed by atoms with Crippen molar-refractivity contribution in [1.29, 1.82) is 0 Å². The third-order valence-corrected chi connectivity index (χ3v) is 3.70. The van der Waals surface area contributed by atoms with Crippen LogP contribution in [0.15, 0.2) is 41.4 Å². The molecule has 0 saturated heterocycles. The zero-order valence-electron chi connectivity index (χ0n) is 12.0. The molecular formula is C15H14F2N2O2S. The van der Waals surface area contributed by atoms with Crippen molar-refractivity contribution in [3.63, 3.8) is 0 Å². The Kier molecular flexibility index (Phi) is 5.32. The topological polar surface area (TPSA) is 44.1 Å². The third-order valence-electron chi connectivity index (χ3n) is 2.93. The number of alkyl halides is 2. The van der Waals surface area contributed by atoms with E-state index in [9.17, 15) is 13.6 Å². The smallest absolute Gasteiger partial charge is 0.289 e. The summed E-state index contributed by atoms with van der Waals surface area (Å²) in [5, 5.41) is 3.99. The largest absolute Gasteiger partial charge is 0.496 e. The number of hydrogen-bond acceptors (Lipinski definition) is 4. The summed E-state index contributed by atoms with van der Waals surface area (Å²) < 4.78 is 31.6. The van der Waals surface area contributed by atoms with Crippen LogP contribution in [0.2, 0.25) is 0 Å². The molecule has 0 fully saturated rings. The first-order valence-corrected chi connectivity index (χ1v) is 7.22. The van der Waals surface area contributed by atoms with E-state index < -0.39 is 5.76 Å². The lowest BCUT2D eigenvalue weighted by Crippen LogP contribution is -1.98. The number of methoxy groups -OCH3 is 1. The standard InChI is InChI=1S/C15H14F2N2O2S/c1-19-11(7-8-18-19)4-5-12(20)10-3-6-14(22-15(16)17)13(9-10)21-2/h3-9,15H,1-2H3. The van der Waals surface area contributed by atoms with Crippen molar-refractivity contribution >= 4 is 23.6 Å². The molecule has 0 radical (unpaired) electrons. The quantitative estimate of drug-likeness (QED) is 0.462. The Bertz CT molecular complexity index is 699. The lowest BCUT2D eigenvalue weighted by molar-refractivity contribution is 0.104. The minimum Gasteiger partial charge on any atom is -0.496 e. The summed E-state index contributed by atoms with van der Waals surface area (Å²) in [6.07, 6.45) is 4.68. The summed E-state index contributed by atoms with van der Waals surface area (Å²) in [5.74, 6) is -2.53. The van der Waals surface area contributed by atoms with E-state index in [0.29, 0.717) is 22.2 Å². The Morgan fingerprint density at radius 1 is 1.41 bits per heavy atom. The van der Waals surface area contributed by atoms with Crippen LogP contribution < -0.4 is 4.74 Å². The number of aromatic nitrogens is 2. The second kappa shape index (κ2) is 7.22. The highest BCUT2D eigenvalue weighted by Gasteiger charge is 2.13. The summed E-state index contributed by atoms with van der Waals surface area (Å²) in [5.41, 5.74) is 1.15. The maximum Gasteiger partial charge on any atom is 0.289 e. The number of hydrogen-bond donors (Lipinski definition) is 0. The van der Waals surface area contributed by atoms with Gasteiger partial charge in [0.25, 0.3) is 5.76 Å². The van der Waals surface area contributed by atoms with Gasteiger partial charge in [0.2, 0.25) is 0 Å². The van der Waals surface area contributed by atoms with Gasteiger partial charge >= 0.3 is 0 Å². The van der Waals surface area contributed by atoms with Crippen molar-refractivity contribution in [2.24, 2.45) is 7.05 Å². The van der Waals surface area contributed by atoms with Crippen molar-refractivity contribution in [3.05, 3.63) is 47.8 Å². The fraction of sp³-hybridized carbons (Fsp3) is 0.200. The van der Waals surface area contributed by atoms with E-state index in [-0.39, 0.29) is 11.5 Å². The summed E-state index contributed by atoms with van der Waals surface area (Å²) in [4.78, 5) is 12.4. The average Bonchev–Trinajstić information content (AvgIpc) is 2.90. The molecule has 0 aliphatic rings. The highest BCUT2D eigenvalue weighted by molar-refractivity contribution is 7.99. The lowest BCUT2D eigenvalue weighted by atomic mass is 10.1. The third kappa shape index (κ3) is 3.94. The molecule has 0 atom stereocenters. The van der Waals surface area contributed by atoms with Gasteiger partial charge in [0.1, 0.15) is 5.75 Å². The Balaban J connectivity index is 2.20. The molecule has 0 saturated carbocycles. The van der Waals surface area contributed by atoms with Gasteiger partial charge in [0.15, 0.2) is 5.78 Å². The van der Waals surface area contributed by atoms with Crippen LogP contribution in [0.4, 0.5) is 8.78 Å². The monoisotopic (exact) mass is 324 g/mol. The van der Waals surface area contributed by atoms with E-state index in [1.54, 1.807) is 30.1 Å². The predicted octanol–water partition coefficient (Wildman–Crippen LogP) is 3.64. The number of benzene rings is 1. The summed E-state index contributed by atoms with van der Waals surface area (Å²) in [7, 11) is 3.15. The molecule has 0 aliphatic carbocycles. The minimum absolute atomic E-state index is 0.243. The van der Waals surface area contributed by atoms with Crippen molar-refractivity contribution in [3.8, 4) is 5.75 Å². The number of rotatable bonds is 6. The SMILES string of the molecule is COc1cc(C(=O)C=Cc2ccnn2C)ccc1SC(F)F. The van der Waals surface area contributed by atoms with Crippen molar-refractivity contribution < 1.29 is 18.3 Å². The van der Waals surface area contributed by atoms with Crippen molar-refractivity contribution in [2.45, 2.75) is 10.7 Å². The Labute approximate surface area is 130 Å². The van der Waals surface area contributed by atoms with E-state index in [1.165, 1.54) is 31.4 Å². The highest BCUT2D eigenvalue weighted by Crippen LogP contribution is 2.34. The van der Waals surface area contributed by atoms with Gasteiger partial charge in [-0.1, -0.05) is 11.8 Å². The maximum absolute atomic E-state index is 12.4. The minimum atomic E-state index is -2.54. The van der Waals surface area contributed by atoms with Gasteiger partial charge in [-0.05, 0) is 36.4 Å².